The molecule has 3 N–H and O–H groups in total. The fourth-order valence-electron chi connectivity index (χ4n) is 1.65. The van der Waals surface area contributed by atoms with Gasteiger partial charge in [0.05, 0.1) is 7.11 Å². The van der Waals surface area contributed by atoms with Crippen molar-refractivity contribution in [1.29, 1.82) is 0 Å². The number of hydrogen-bond acceptors (Lipinski definition) is 6. The lowest BCUT2D eigenvalue weighted by atomic mass is 10.3. The number of nitrogens with zero attached hydrogens (tertiary/aromatic N) is 2. The van der Waals surface area contributed by atoms with Crippen LogP contribution in [-0.2, 0) is 0 Å². The molecule has 0 amide bonds. The Hall–Kier alpha value is -2.50. The predicted molar refractivity (Wildman–Crippen MR) is 78.3 cm³/mol. The van der Waals surface area contributed by atoms with Gasteiger partial charge in [-0.2, -0.15) is 9.97 Å². The fourth-order valence-corrected chi connectivity index (χ4v) is 1.65. The zero-order valence-electron chi connectivity index (χ0n) is 11.6. The van der Waals surface area contributed by atoms with Crippen LogP contribution < -0.4 is 20.5 Å². The normalized spacial score (nSPS) is 10.1. The highest BCUT2D eigenvalue weighted by Crippen LogP contribution is 2.30. The highest BCUT2D eigenvalue weighted by atomic mass is 16.5. The van der Waals surface area contributed by atoms with Gasteiger partial charge < -0.3 is 20.5 Å². The second kappa shape index (κ2) is 6.60. The summed E-state index contributed by atoms with van der Waals surface area (Å²) < 4.78 is 10.9. The van der Waals surface area contributed by atoms with E-state index in [1.165, 1.54) is 0 Å². The molecule has 0 bridgehead atoms. The molecular weight excluding hydrogens is 256 g/mol. The predicted octanol–water partition coefficient (Wildman–Crippen LogP) is 2.68. The van der Waals surface area contributed by atoms with Gasteiger partial charge in [0, 0.05) is 12.6 Å². The Morgan fingerprint density at radius 1 is 1.20 bits per heavy atom. The molecule has 0 aliphatic rings. The maximum absolute atomic E-state index is 5.71. The number of nitrogens with one attached hydrogen (secondary N) is 1. The molecule has 0 fully saturated rings. The minimum atomic E-state index is 0.163. The molecule has 106 valence electrons. The molecule has 20 heavy (non-hydrogen) atoms. The minimum absolute atomic E-state index is 0.163. The summed E-state index contributed by atoms with van der Waals surface area (Å²) in [5, 5.41) is 3.15. The number of methoxy groups -OCH3 is 1. The molecule has 2 aromatic rings. The molecule has 0 unspecified atom stereocenters. The van der Waals surface area contributed by atoms with Crippen molar-refractivity contribution in [3.8, 4) is 17.4 Å². The number of aromatic nitrogens is 2. The van der Waals surface area contributed by atoms with Gasteiger partial charge in [0.15, 0.2) is 11.5 Å². The van der Waals surface area contributed by atoms with E-state index in [2.05, 4.69) is 22.2 Å². The third kappa shape index (κ3) is 3.50. The first-order chi connectivity index (χ1) is 9.72. The van der Waals surface area contributed by atoms with E-state index in [-0.39, 0.29) is 5.95 Å². The lowest BCUT2D eigenvalue weighted by Gasteiger charge is -2.11. The lowest BCUT2D eigenvalue weighted by molar-refractivity contribution is 0.374. The Labute approximate surface area is 118 Å². The van der Waals surface area contributed by atoms with Crippen molar-refractivity contribution in [2.45, 2.75) is 13.3 Å². The van der Waals surface area contributed by atoms with Crippen molar-refractivity contribution in [2.75, 3.05) is 24.7 Å². The molecule has 6 heteroatoms. The standard InChI is InChI=1S/C14H18N4O2/c1-3-8-16-12-9-13(18-14(15)17-12)20-11-7-5-4-6-10(11)19-2/h4-7,9H,3,8H2,1-2H3,(H3,15,16,17,18). The minimum Gasteiger partial charge on any atom is -0.493 e. The summed E-state index contributed by atoms with van der Waals surface area (Å²) in [5.74, 6) is 2.39. The highest BCUT2D eigenvalue weighted by molar-refractivity contribution is 5.46. The summed E-state index contributed by atoms with van der Waals surface area (Å²) in [6.45, 7) is 2.88. The van der Waals surface area contributed by atoms with Gasteiger partial charge in [0.2, 0.25) is 11.8 Å². The van der Waals surface area contributed by atoms with Crippen LogP contribution in [0.15, 0.2) is 30.3 Å². The van der Waals surface area contributed by atoms with Crippen molar-refractivity contribution in [3.63, 3.8) is 0 Å². The molecule has 0 saturated heterocycles. The molecule has 0 radical (unpaired) electrons. The third-order valence-corrected chi connectivity index (χ3v) is 2.56. The topological polar surface area (TPSA) is 82.3 Å². The number of nitrogens with two attached hydrogens (primary N) is 1. The van der Waals surface area contributed by atoms with Crippen molar-refractivity contribution in [1.82, 2.24) is 9.97 Å². The summed E-state index contributed by atoms with van der Waals surface area (Å²) in [7, 11) is 1.59. The zero-order chi connectivity index (χ0) is 14.4. The first-order valence-corrected chi connectivity index (χ1v) is 6.42. The number of para-hydroxylation sites is 2. The molecule has 1 aromatic carbocycles. The number of benzene rings is 1. The molecule has 2 rings (SSSR count). The molecule has 6 nitrogen and oxygen atoms in total. The smallest absolute Gasteiger partial charge is 0.226 e. The van der Waals surface area contributed by atoms with Crippen LogP contribution in [0.4, 0.5) is 11.8 Å². The van der Waals surface area contributed by atoms with Crippen LogP contribution in [0.1, 0.15) is 13.3 Å². The first kappa shape index (κ1) is 13.9. The van der Waals surface area contributed by atoms with Gasteiger partial charge >= 0.3 is 0 Å². The average Bonchev–Trinajstić information content (AvgIpc) is 2.45. The molecule has 0 spiro atoms. The molecule has 1 heterocycles. The molecular formula is C14H18N4O2. The van der Waals surface area contributed by atoms with E-state index in [4.69, 9.17) is 15.2 Å². The Kier molecular flexibility index (Phi) is 4.60. The second-order valence-electron chi connectivity index (χ2n) is 4.13. The molecule has 0 atom stereocenters. The average molecular weight is 274 g/mol. The van der Waals surface area contributed by atoms with Crippen LogP contribution in [0.2, 0.25) is 0 Å². The van der Waals surface area contributed by atoms with Crippen LogP contribution in [0, 0.1) is 0 Å². The lowest BCUT2D eigenvalue weighted by Crippen LogP contribution is -2.05. The van der Waals surface area contributed by atoms with E-state index in [1.807, 2.05) is 18.2 Å². The largest absolute Gasteiger partial charge is 0.493 e. The van der Waals surface area contributed by atoms with Gasteiger partial charge in [-0.05, 0) is 18.6 Å². The van der Waals surface area contributed by atoms with Crippen molar-refractivity contribution in [2.24, 2.45) is 0 Å². The van der Waals surface area contributed by atoms with Gasteiger partial charge in [0.25, 0.3) is 0 Å². The fraction of sp³-hybridized carbons (Fsp3) is 0.286. The Morgan fingerprint density at radius 3 is 2.65 bits per heavy atom. The maximum atomic E-state index is 5.71. The highest BCUT2D eigenvalue weighted by Gasteiger charge is 2.08. The second-order valence-corrected chi connectivity index (χ2v) is 4.13. The monoisotopic (exact) mass is 274 g/mol. The third-order valence-electron chi connectivity index (χ3n) is 2.56. The van der Waals surface area contributed by atoms with Crippen molar-refractivity contribution >= 4 is 11.8 Å². The van der Waals surface area contributed by atoms with Gasteiger partial charge in [-0.15, -0.1) is 0 Å². The summed E-state index contributed by atoms with van der Waals surface area (Å²) >= 11 is 0. The van der Waals surface area contributed by atoms with Gasteiger partial charge in [-0.1, -0.05) is 19.1 Å². The number of nitrogen functional groups attached to an aromatic ring is 1. The van der Waals surface area contributed by atoms with Crippen molar-refractivity contribution in [3.05, 3.63) is 30.3 Å². The number of rotatable bonds is 6. The number of hydrogen-bond donors (Lipinski definition) is 2. The molecule has 0 aliphatic heterocycles. The first-order valence-electron chi connectivity index (χ1n) is 6.42. The summed E-state index contributed by atoms with van der Waals surface area (Å²) in [5.41, 5.74) is 5.68. The van der Waals surface area contributed by atoms with Crippen LogP contribution in [0.5, 0.6) is 17.4 Å². The van der Waals surface area contributed by atoms with E-state index in [1.54, 1.807) is 19.2 Å². The Balaban J connectivity index is 2.22. The number of ether oxygens (including phenoxy) is 2. The van der Waals surface area contributed by atoms with Crippen molar-refractivity contribution < 1.29 is 9.47 Å². The Morgan fingerprint density at radius 2 is 1.95 bits per heavy atom. The summed E-state index contributed by atoms with van der Waals surface area (Å²) in [6, 6.07) is 9.05. The SMILES string of the molecule is CCCNc1cc(Oc2ccccc2OC)nc(N)n1. The van der Waals surface area contributed by atoms with Crippen LogP contribution in [0.25, 0.3) is 0 Å². The van der Waals surface area contributed by atoms with E-state index in [9.17, 15) is 0 Å². The molecule has 1 aromatic heterocycles. The van der Waals surface area contributed by atoms with Crippen LogP contribution >= 0.6 is 0 Å². The van der Waals surface area contributed by atoms with E-state index >= 15 is 0 Å². The quantitative estimate of drug-likeness (QED) is 0.842. The van der Waals surface area contributed by atoms with E-state index in [0.717, 1.165) is 13.0 Å². The summed E-state index contributed by atoms with van der Waals surface area (Å²) in [4.78, 5) is 8.16. The van der Waals surface area contributed by atoms with Gasteiger partial charge in [0.1, 0.15) is 5.82 Å². The van der Waals surface area contributed by atoms with E-state index in [0.29, 0.717) is 23.2 Å². The van der Waals surface area contributed by atoms with Crippen LogP contribution in [-0.4, -0.2) is 23.6 Å². The van der Waals surface area contributed by atoms with Crippen LogP contribution in [0.3, 0.4) is 0 Å². The Bertz CT molecular complexity index is 575. The van der Waals surface area contributed by atoms with Gasteiger partial charge in [-0.3, -0.25) is 0 Å². The van der Waals surface area contributed by atoms with Gasteiger partial charge in [-0.25, -0.2) is 0 Å². The molecule has 0 saturated carbocycles. The zero-order valence-corrected chi connectivity index (χ0v) is 11.6. The number of anilines is 2. The molecule has 0 aliphatic carbocycles. The van der Waals surface area contributed by atoms with E-state index < -0.39 is 0 Å². The summed E-state index contributed by atoms with van der Waals surface area (Å²) in [6.07, 6.45) is 0.993. The maximum Gasteiger partial charge on any atom is 0.226 e.